The number of nitrogens with one attached hydrogen (secondary N) is 1. The highest BCUT2D eigenvalue weighted by Gasteiger charge is 2.25. The van der Waals surface area contributed by atoms with Gasteiger partial charge in [-0.2, -0.15) is 0 Å². The summed E-state index contributed by atoms with van der Waals surface area (Å²) in [5.41, 5.74) is 6.68. The van der Waals surface area contributed by atoms with Gasteiger partial charge in [0.15, 0.2) is 0 Å². The highest BCUT2D eigenvalue weighted by Crippen LogP contribution is 2.32. The van der Waals surface area contributed by atoms with E-state index in [1.54, 1.807) is 0 Å². The molecule has 1 unspecified atom stereocenters. The maximum Gasteiger partial charge on any atom is 0.254 e. The minimum Gasteiger partial charge on any atom is -0.379 e. The number of amides is 2. The van der Waals surface area contributed by atoms with Crippen LogP contribution in [-0.4, -0.2) is 68.4 Å². The molecule has 2 fully saturated rings. The summed E-state index contributed by atoms with van der Waals surface area (Å²) in [7, 11) is 2.14. The van der Waals surface area contributed by atoms with Crippen molar-refractivity contribution in [3.63, 3.8) is 0 Å². The number of aliphatic imine (C=N–C) groups is 1. The van der Waals surface area contributed by atoms with Crippen molar-refractivity contribution in [3.05, 3.63) is 65.2 Å². The number of morpholine rings is 1. The van der Waals surface area contributed by atoms with Crippen LogP contribution in [0.3, 0.4) is 0 Å². The van der Waals surface area contributed by atoms with Crippen LogP contribution >= 0.6 is 0 Å². The minimum absolute atomic E-state index is 0.172. The molecule has 2 aromatic carbocycles. The molecule has 1 saturated heterocycles. The van der Waals surface area contributed by atoms with Crippen LogP contribution in [-0.2, 0) is 16.1 Å². The lowest BCUT2D eigenvalue weighted by Crippen LogP contribution is -2.35. The van der Waals surface area contributed by atoms with E-state index in [2.05, 4.69) is 57.5 Å². The monoisotopic (exact) mass is 528 g/mol. The van der Waals surface area contributed by atoms with Crippen molar-refractivity contribution >= 4 is 23.2 Å². The lowest BCUT2D eigenvalue weighted by Gasteiger charge is -2.28. The number of hydrogen-bond acceptors (Lipinski definition) is 5. The van der Waals surface area contributed by atoms with Crippen LogP contribution in [0.5, 0.6) is 0 Å². The number of rotatable bonds is 8. The number of dihydropyridines is 1. The number of hydrogen-bond donors (Lipinski definition) is 1. The largest absolute Gasteiger partial charge is 0.379 e. The van der Waals surface area contributed by atoms with Gasteiger partial charge in [0.25, 0.3) is 11.8 Å². The molecule has 2 amide bonds. The number of allylic oxidation sites excluding steroid dienone is 1. The maximum atomic E-state index is 13.4. The molecule has 7 nitrogen and oxygen atoms in total. The first-order valence-corrected chi connectivity index (χ1v) is 14.2. The highest BCUT2D eigenvalue weighted by atomic mass is 16.5. The third-order valence-corrected chi connectivity index (χ3v) is 8.29. The molecule has 7 heteroatoms. The summed E-state index contributed by atoms with van der Waals surface area (Å²) in [6, 6.07) is 15.3. The number of carbonyl (C=O) groups is 2. The van der Waals surface area contributed by atoms with Gasteiger partial charge in [0.05, 0.1) is 19.1 Å². The van der Waals surface area contributed by atoms with Crippen molar-refractivity contribution in [1.82, 2.24) is 10.2 Å². The molecule has 1 atom stereocenters. The Morgan fingerprint density at radius 1 is 1.05 bits per heavy atom. The number of carbonyl (C=O) groups excluding carboxylic acids is 2. The quantitative estimate of drug-likeness (QED) is 0.530. The summed E-state index contributed by atoms with van der Waals surface area (Å²) < 4.78 is 5.48. The number of ether oxygens (including phenoxy) is 1. The standard InChI is InChI=1S/C32H40N4O3/c1-22-16-23(2)34-32(38)30(22)20-33-31(37)27-17-26(18-29(19-27)35(3)28-6-4-5-7-28)25-10-8-24(9-11-25)21-36-12-14-39-15-13-36/h8-11,16-19,28,30H,4-7,12-15,20-21H2,1-3H3,(H,33,37). The van der Waals surface area contributed by atoms with Crippen LogP contribution in [0.1, 0.15) is 55.5 Å². The second-order valence-corrected chi connectivity index (χ2v) is 11.1. The zero-order valence-electron chi connectivity index (χ0n) is 23.4. The van der Waals surface area contributed by atoms with Crippen molar-refractivity contribution in [2.45, 2.75) is 52.1 Å². The molecule has 5 rings (SSSR count). The molecular formula is C32H40N4O3. The van der Waals surface area contributed by atoms with E-state index in [4.69, 9.17) is 4.74 Å². The summed E-state index contributed by atoms with van der Waals surface area (Å²) >= 11 is 0. The van der Waals surface area contributed by atoms with Gasteiger partial charge in [0.1, 0.15) is 0 Å². The van der Waals surface area contributed by atoms with Crippen molar-refractivity contribution in [3.8, 4) is 11.1 Å². The van der Waals surface area contributed by atoms with Gasteiger partial charge in [0.2, 0.25) is 0 Å². The van der Waals surface area contributed by atoms with E-state index in [0.29, 0.717) is 17.3 Å². The maximum absolute atomic E-state index is 13.4. The molecule has 0 spiro atoms. The van der Waals surface area contributed by atoms with Gasteiger partial charge in [-0.15, -0.1) is 0 Å². The van der Waals surface area contributed by atoms with E-state index >= 15 is 0 Å². The third kappa shape index (κ3) is 6.65. The summed E-state index contributed by atoms with van der Waals surface area (Å²) in [6.07, 6.45) is 6.76. The Bertz CT molecular complexity index is 1250. The topological polar surface area (TPSA) is 74.2 Å². The first-order chi connectivity index (χ1) is 18.9. The molecule has 2 aliphatic heterocycles. The molecule has 1 saturated carbocycles. The molecule has 0 bridgehead atoms. The van der Waals surface area contributed by atoms with Crippen molar-refractivity contribution in [2.75, 3.05) is 44.8 Å². The highest BCUT2D eigenvalue weighted by molar-refractivity contribution is 6.06. The van der Waals surface area contributed by atoms with E-state index in [-0.39, 0.29) is 18.4 Å². The third-order valence-electron chi connectivity index (χ3n) is 8.29. The summed E-state index contributed by atoms with van der Waals surface area (Å²) in [5.74, 6) is -0.783. The average molecular weight is 529 g/mol. The summed E-state index contributed by atoms with van der Waals surface area (Å²) in [6.45, 7) is 8.41. The predicted molar refractivity (Wildman–Crippen MR) is 156 cm³/mol. The fourth-order valence-electron chi connectivity index (χ4n) is 5.89. The van der Waals surface area contributed by atoms with Crippen LogP contribution in [0, 0.1) is 5.92 Å². The molecule has 2 aromatic rings. The predicted octanol–water partition coefficient (Wildman–Crippen LogP) is 4.86. The van der Waals surface area contributed by atoms with Gasteiger partial charge < -0.3 is 15.0 Å². The van der Waals surface area contributed by atoms with E-state index in [1.807, 2.05) is 32.1 Å². The second kappa shape index (κ2) is 12.3. The Morgan fingerprint density at radius 2 is 1.77 bits per heavy atom. The fraction of sp³-hybridized carbons (Fsp3) is 0.469. The van der Waals surface area contributed by atoms with Gasteiger partial charge in [-0.1, -0.05) is 42.7 Å². The van der Waals surface area contributed by atoms with Crippen LogP contribution in [0.25, 0.3) is 11.1 Å². The van der Waals surface area contributed by atoms with E-state index in [1.165, 1.54) is 31.2 Å². The lowest BCUT2D eigenvalue weighted by atomic mass is 9.95. The van der Waals surface area contributed by atoms with Crippen LogP contribution in [0.4, 0.5) is 5.69 Å². The van der Waals surface area contributed by atoms with Crippen molar-refractivity contribution in [2.24, 2.45) is 10.9 Å². The van der Waals surface area contributed by atoms with Crippen LogP contribution < -0.4 is 10.2 Å². The van der Waals surface area contributed by atoms with Crippen LogP contribution in [0.15, 0.2) is 59.1 Å². The molecule has 39 heavy (non-hydrogen) atoms. The summed E-state index contributed by atoms with van der Waals surface area (Å²) in [5, 5.41) is 3.01. The van der Waals surface area contributed by atoms with Crippen molar-refractivity contribution in [1.29, 1.82) is 0 Å². The zero-order valence-corrected chi connectivity index (χ0v) is 23.4. The molecule has 1 aliphatic carbocycles. The Balaban J connectivity index is 1.37. The molecule has 3 aliphatic rings. The van der Waals surface area contributed by atoms with Crippen LogP contribution in [0.2, 0.25) is 0 Å². The van der Waals surface area contributed by atoms with E-state index in [0.717, 1.165) is 55.2 Å². The zero-order chi connectivity index (χ0) is 27.4. The fourth-order valence-corrected chi connectivity index (χ4v) is 5.89. The van der Waals surface area contributed by atoms with Gasteiger partial charge >= 0.3 is 0 Å². The molecule has 206 valence electrons. The molecule has 2 heterocycles. The van der Waals surface area contributed by atoms with Gasteiger partial charge in [0, 0.05) is 56.2 Å². The van der Waals surface area contributed by atoms with E-state index in [9.17, 15) is 9.59 Å². The Hall–Kier alpha value is -3.29. The Morgan fingerprint density at radius 3 is 2.46 bits per heavy atom. The molecule has 0 radical (unpaired) electrons. The van der Waals surface area contributed by atoms with Gasteiger partial charge in [-0.3, -0.25) is 14.5 Å². The molecule has 0 aromatic heterocycles. The van der Waals surface area contributed by atoms with Gasteiger partial charge in [-0.05, 0) is 67.7 Å². The summed E-state index contributed by atoms with van der Waals surface area (Å²) in [4.78, 5) is 34.7. The average Bonchev–Trinajstić information content (AvgIpc) is 3.48. The smallest absolute Gasteiger partial charge is 0.254 e. The Kier molecular flexibility index (Phi) is 8.58. The lowest BCUT2D eigenvalue weighted by molar-refractivity contribution is -0.120. The molecule has 1 N–H and O–H groups in total. The number of anilines is 1. The number of nitrogens with zero attached hydrogens (tertiary/aromatic N) is 3. The van der Waals surface area contributed by atoms with Gasteiger partial charge in [-0.25, -0.2) is 4.99 Å². The minimum atomic E-state index is -0.416. The number of benzene rings is 2. The second-order valence-electron chi connectivity index (χ2n) is 11.1. The van der Waals surface area contributed by atoms with E-state index < -0.39 is 5.92 Å². The van der Waals surface area contributed by atoms with Crippen molar-refractivity contribution < 1.29 is 14.3 Å². The first-order valence-electron chi connectivity index (χ1n) is 14.2. The normalized spacial score (nSPS) is 20.5. The SMILES string of the molecule is CC1=CC(C)=NC(=O)C1CNC(=O)c1cc(-c2ccc(CN3CCOCC3)cc2)cc(N(C)C2CCCC2)c1. The Labute approximate surface area is 231 Å². The molecular weight excluding hydrogens is 488 g/mol. The first kappa shape index (κ1) is 27.3.